The van der Waals surface area contributed by atoms with Gasteiger partial charge < -0.3 is 15.1 Å². The quantitative estimate of drug-likeness (QED) is 0.867. The first-order chi connectivity index (χ1) is 9.15. The molecule has 2 rings (SSSR count). The van der Waals surface area contributed by atoms with E-state index < -0.39 is 0 Å². The van der Waals surface area contributed by atoms with Crippen LogP contribution in [0.25, 0.3) is 0 Å². The van der Waals surface area contributed by atoms with Crippen molar-refractivity contribution in [2.75, 3.05) is 5.32 Å². The highest BCUT2D eigenvalue weighted by molar-refractivity contribution is 5.94. The molecule has 0 bridgehead atoms. The summed E-state index contributed by atoms with van der Waals surface area (Å²) < 4.78 is 4.97. The summed E-state index contributed by atoms with van der Waals surface area (Å²) in [6.45, 7) is 4.46. The number of nitrogens with one attached hydrogen (secondary N) is 2. The lowest BCUT2D eigenvalue weighted by atomic mass is 10.2. The molecule has 0 saturated heterocycles. The van der Waals surface area contributed by atoms with Crippen molar-refractivity contribution in [2.45, 2.75) is 26.4 Å². The van der Waals surface area contributed by atoms with E-state index >= 15 is 0 Å². The molecule has 1 atom stereocenters. The monoisotopic (exact) mass is 258 g/mol. The fraction of sp³-hybridized carbons (Fsp3) is 0.267. The van der Waals surface area contributed by atoms with E-state index in [-0.39, 0.29) is 11.9 Å². The van der Waals surface area contributed by atoms with Crippen molar-refractivity contribution in [2.24, 2.45) is 0 Å². The summed E-state index contributed by atoms with van der Waals surface area (Å²) in [5, 5.41) is 6.02. The van der Waals surface area contributed by atoms with Crippen LogP contribution in [0.4, 0.5) is 5.69 Å². The molecule has 0 saturated carbocycles. The summed E-state index contributed by atoms with van der Waals surface area (Å²) in [7, 11) is 0. The summed E-state index contributed by atoms with van der Waals surface area (Å²) in [6, 6.07) is 9.35. The lowest BCUT2D eigenvalue weighted by molar-refractivity contribution is -0.117. The Bertz CT molecular complexity index is 518. The summed E-state index contributed by atoms with van der Waals surface area (Å²) in [5.41, 5.74) is 3.01. The molecule has 4 heteroatoms. The van der Waals surface area contributed by atoms with E-state index in [0.29, 0.717) is 6.54 Å². The van der Waals surface area contributed by atoms with Crippen molar-refractivity contribution in [1.82, 2.24) is 5.32 Å². The number of benzene rings is 1. The maximum absolute atomic E-state index is 12.0. The summed E-state index contributed by atoms with van der Waals surface area (Å²) in [5.74, 6) is -0.0488. The third-order valence-corrected chi connectivity index (χ3v) is 2.90. The normalized spacial score (nSPS) is 12.1. The molecule has 19 heavy (non-hydrogen) atoms. The minimum atomic E-state index is -0.267. The SMILES string of the molecule is Cc1ccc(NC(=O)C(C)NCc2ccoc2)cc1. The second-order valence-electron chi connectivity index (χ2n) is 4.59. The van der Waals surface area contributed by atoms with Gasteiger partial charge in [-0.05, 0) is 32.0 Å². The molecule has 0 spiro atoms. The van der Waals surface area contributed by atoms with Crippen molar-refractivity contribution >= 4 is 11.6 Å². The van der Waals surface area contributed by atoms with E-state index in [1.807, 2.05) is 44.2 Å². The van der Waals surface area contributed by atoms with Crippen LogP contribution in [0.1, 0.15) is 18.1 Å². The lowest BCUT2D eigenvalue weighted by Gasteiger charge is -2.13. The van der Waals surface area contributed by atoms with Gasteiger partial charge in [0.1, 0.15) is 0 Å². The summed E-state index contributed by atoms with van der Waals surface area (Å²) in [4.78, 5) is 12.0. The Morgan fingerprint density at radius 1 is 1.26 bits per heavy atom. The standard InChI is InChI=1S/C15H18N2O2/c1-11-3-5-14(6-4-11)17-15(18)12(2)16-9-13-7-8-19-10-13/h3-8,10,12,16H,9H2,1-2H3,(H,17,18). The minimum Gasteiger partial charge on any atom is -0.472 e. The van der Waals surface area contributed by atoms with E-state index in [0.717, 1.165) is 11.3 Å². The highest BCUT2D eigenvalue weighted by atomic mass is 16.3. The van der Waals surface area contributed by atoms with E-state index in [9.17, 15) is 4.79 Å². The van der Waals surface area contributed by atoms with Crippen molar-refractivity contribution in [3.8, 4) is 0 Å². The minimum absolute atomic E-state index is 0.0488. The number of anilines is 1. The van der Waals surface area contributed by atoms with Crippen LogP contribution in [0.5, 0.6) is 0 Å². The molecule has 0 aliphatic heterocycles. The molecular weight excluding hydrogens is 240 g/mol. The van der Waals surface area contributed by atoms with Crippen LogP contribution < -0.4 is 10.6 Å². The van der Waals surface area contributed by atoms with Crippen LogP contribution in [0.2, 0.25) is 0 Å². The average molecular weight is 258 g/mol. The van der Waals surface area contributed by atoms with Gasteiger partial charge in [-0.1, -0.05) is 17.7 Å². The number of hydrogen-bond acceptors (Lipinski definition) is 3. The lowest BCUT2D eigenvalue weighted by Crippen LogP contribution is -2.37. The topological polar surface area (TPSA) is 54.3 Å². The zero-order valence-corrected chi connectivity index (χ0v) is 11.1. The molecule has 0 radical (unpaired) electrons. The van der Waals surface area contributed by atoms with Crippen molar-refractivity contribution in [1.29, 1.82) is 0 Å². The van der Waals surface area contributed by atoms with Gasteiger partial charge in [0, 0.05) is 17.8 Å². The first kappa shape index (κ1) is 13.4. The average Bonchev–Trinajstić information content (AvgIpc) is 2.91. The zero-order chi connectivity index (χ0) is 13.7. The molecule has 2 aromatic rings. The Balaban J connectivity index is 1.83. The van der Waals surface area contributed by atoms with Gasteiger partial charge in [0.2, 0.25) is 5.91 Å². The van der Waals surface area contributed by atoms with Crippen LogP contribution in [0.3, 0.4) is 0 Å². The molecule has 0 aliphatic carbocycles. The molecular formula is C15H18N2O2. The van der Waals surface area contributed by atoms with Crippen LogP contribution in [-0.4, -0.2) is 11.9 Å². The van der Waals surface area contributed by atoms with E-state index in [2.05, 4.69) is 10.6 Å². The van der Waals surface area contributed by atoms with E-state index in [1.165, 1.54) is 5.56 Å². The van der Waals surface area contributed by atoms with Gasteiger partial charge in [0.05, 0.1) is 18.6 Å². The van der Waals surface area contributed by atoms with E-state index in [4.69, 9.17) is 4.42 Å². The van der Waals surface area contributed by atoms with Crippen LogP contribution in [-0.2, 0) is 11.3 Å². The van der Waals surface area contributed by atoms with Gasteiger partial charge in [-0.2, -0.15) is 0 Å². The van der Waals surface area contributed by atoms with Crippen LogP contribution >= 0.6 is 0 Å². The third kappa shape index (κ3) is 3.96. The second-order valence-corrected chi connectivity index (χ2v) is 4.59. The Labute approximate surface area is 112 Å². The van der Waals surface area contributed by atoms with Gasteiger partial charge in [-0.25, -0.2) is 0 Å². The zero-order valence-electron chi connectivity index (χ0n) is 11.1. The third-order valence-electron chi connectivity index (χ3n) is 2.90. The smallest absolute Gasteiger partial charge is 0.241 e. The molecule has 1 amide bonds. The summed E-state index contributed by atoms with van der Waals surface area (Å²) in [6.07, 6.45) is 3.28. The molecule has 2 N–H and O–H groups in total. The highest BCUT2D eigenvalue weighted by Gasteiger charge is 2.12. The first-order valence-corrected chi connectivity index (χ1v) is 6.27. The predicted octanol–water partition coefficient (Wildman–Crippen LogP) is 2.70. The fourth-order valence-corrected chi connectivity index (χ4v) is 1.64. The van der Waals surface area contributed by atoms with Gasteiger partial charge in [0.15, 0.2) is 0 Å². The van der Waals surface area contributed by atoms with Crippen LogP contribution in [0.15, 0.2) is 47.3 Å². The second kappa shape index (κ2) is 6.20. The number of amides is 1. The van der Waals surface area contributed by atoms with Gasteiger partial charge in [-0.3, -0.25) is 4.79 Å². The number of furan rings is 1. The Morgan fingerprint density at radius 2 is 2.00 bits per heavy atom. The molecule has 1 heterocycles. The number of carbonyl (C=O) groups is 1. The largest absolute Gasteiger partial charge is 0.472 e. The van der Waals surface area contributed by atoms with Crippen molar-refractivity contribution < 1.29 is 9.21 Å². The molecule has 1 aromatic heterocycles. The molecule has 100 valence electrons. The molecule has 1 aromatic carbocycles. The maximum atomic E-state index is 12.0. The highest BCUT2D eigenvalue weighted by Crippen LogP contribution is 2.09. The molecule has 0 fully saturated rings. The molecule has 4 nitrogen and oxygen atoms in total. The van der Waals surface area contributed by atoms with Crippen molar-refractivity contribution in [3.63, 3.8) is 0 Å². The Hall–Kier alpha value is -2.07. The molecule has 1 unspecified atom stereocenters. The Morgan fingerprint density at radius 3 is 2.63 bits per heavy atom. The first-order valence-electron chi connectivity index (χ1n) is 6.27. The van der Waals surface area contributed by atoms with E-state index in [1.54, 1.807) is 12.5 Å². The van der Waals surface area contributed by atoms with Gasteiger partial charge in [0.25, 0.3) is 0 Å². The number of rotatable bonds is 5. The van der Waals surface area contributed by atoms with Crippen molar-refractivity contribution in [3.05, 3.63) is 54.0 Å². The van der Waals surface area contributed by atoms with Gasteiger partial charge >= 0.3 is 0 Å². The number of carbonyl (C=O) groups excluding carboxylic acids is 1. The maximum Gasteiger partial charge on any atom is 0.241 e. The Kier molecular flexibility index (Phi) is 4.36. The predicted molar refractivity (Wildman–Crippen MR) is 74.8 cm³/mol. The van der Waals surface area contributed by atoms with Gasteiger partial charge in [-0.15, -0.1) is 0 Å². The van der Waals surface area contributed by atoms with Crippen LogP contribution in [0, 0.1) is 6.92 Å². The number of aryl methyl sites for hydroxylation is 1. The number of hydrogen-bond donors (Lipinski definition) is 2. The molecule has 0 aliphatic rings. The fourth-order valence-electron chi connectivity index (χ4n) is 1.64. The summed E-state index contributed by atoms with van der Waals surface area (Å²) >= 11 is 0.